The molecular weight excluding hydrogens is 244 g/mol. The van der Waals surface area contributed by atoms with Crippen LogP contribution in [-0.4, -0.2) is 24.8 Å². The fourth-order valence-electron chi connectivity index (χ4n) is 1.81. The molecule has 0 bridgehead atoms. The van der Waals surface area contributed by atoms with Crippen LogP contribution in [0.2, 0.25) is 0 Å². The van der Waals surface area contributed by atoms with E-state index in [-0.39, 0.29) is 5.84 Å². The van der Waals surface area contributed by atoms with Gasteiger partial charge in [-0.15, -0.1) is 0 Å². The second-order valence-corrected chi connectivity index (χ2v) is 4.56. The maximum atomic E-state index is 8.65. The molecule has 0 fully saturated rings. The summed E-state index contributed by atoms with van der Waals surface area (Å²) in [5.74, 6) is 1.79. The van der Waals surface area contributed by atoms with E-state index in [1.54, 1.807) is 25.3 Å². The third kappa shape index (κ3) is 4.35. The summed E-state index contributed by atoms with van der Waals surface area (Å²) < 4.78 is 11.0. The van der Waals surface area contributed by atoms with E-state index >= 15 is 0 Å². The molecule has 0 amide bonds. The van der Waals surface area contributed by atoms with Crippen LogP contribution in [0.4, 0.5) is 0 Å². The van der Waals surface area contributed by atoms with Gasteiger partial charge in [0.1, 0.15) is 0 Å². The molecule has 1 rings (SSSR count). The first-order chi connectivity index (χ1) is 9.12. The van der Waals surface area contributed by atoms with E-state index in [2.05, 4.69) is 19.0 Å². The highest BCUT2D eigenvalue weighted by atomic mass is 16.5. The molecule has 0 saturated carbocycles. The van der Waals surface area contributed by atoms with Gasteiger partial charge in [0, 0.05) is 5.56 Å². The number of benzene rings is 1. The second kappa shape index (κ2) is 7.51. The summed E-state index contributed by atoms with van der Waals surface area (Å²) in [6.45, 7) is 4.96. The number of ether oxygens (including phenoxy) is 2. The molecule has 0 heterocycles. The Kier molecular flexibility index (Phi) is 5.99. The lowest BCUT2D eigenvalue weighted by Crippen LogP contribution is -2.13. The van der Waals surface area contributed by atoms with E-state index in [0.717, 1.165) is 12.8 Å². The van der Waals surface area contributed by atoms with Crippen LogP contribution in [0.5, 0.6) is 11.5 Å². The Morgan fingerprint density at radius 2 is 2.16 bits per heavy atom. The summed E-state index contributed by atoms with van der Waals surface area (Å²) in [7, 11) is 1.56. The van der Waals surface area contributed by atoms with Gasteiger partial charge in [0.25, 0.3) is 0 Å². The fourth-order valence-corrected chi connectivity index (χ4v) is 1.81. The standard InChI is InChI=1S/C14H22N2O3/c1-4-5-10(2)9-19-12-7-6-11(14(15)16-17)8-13(12)18-3/h6-8,10,17H,4-5,9H2,1-3H3,(H2,15,16). The third-order valence-electron chi connectivity index (χ3n) is 2.87. The van der Waals surface area contributed by atoms with Crippen molar-refractivity contribution in [1.29, 1.82) is 0 Å². The molecule has 1 aromatic rings. The lowest BCUT2D eigenvalue weighted by molar-refractivity contribution is 0.240. The van der Waals surface area contributed by atoms with Gasteiger partial charge in [-0.1, -0.05) is 25.4 Å². The maximum absolute atomic E-state index is 8.65. The summed E-state index contributed by atoms with van der Waals surface area (Å²) >= 11 is 0. The molecule has 0 saturated heterocycles. The van der Waals surface area contributed by atoms with Crippen LogP contribution in [0.3, 0.4) is 0 Å². The van der Waals surface area contributed by atoms with Crippen molar-refractivity contribution in [3.05, 3.63) is 23.8 Å². The highest BCUT2D eigenvalue weighted by Gasteiger charge is 2.10. The Morgan fingerprint density at radius 1 is 1.42 bits per heavy atom. The monoisotopic (exact) mass is 266 g/mol. The predicted molar refractivity (Wildman–Crippen MR) is 75.1 cm³/mol. The summed E-state index contributed by atoms with van der Waals surface area (Å²) in [6.07, 6.45) is 2.27. The average molecular weight is 266 g/mol. The largest absolute Gasteiger partial charge is 0.493 e. The first-order valence-corrected chi connectivity index (χ1v) is 6.41. The van der Waals surface area contributed by atoms with Crippen LogP contribution in [0.1, 0.15) is 32.3 Å². The molecule has 0 radical (unpaired) electrons. The van der Waals surface area contributed by atoms with E-state index in [1.165, 1.54) is 0 Å². The minimum absolute atomic E-state index is 0.0456. The average Bonchev–Trinajstić information content (AvgIpc) is 2.44. The van der Waals surface area contributed by atoms with Crippen LogP contribution in [0, 0.1) is 5.92 Å². The van der Waals surface area contributed by atoms with Crippen LogP contribution in [0.25, 0.3) is 0 Å². The number of nitrogens with two attached hydrogens (primary N) is 1. The van der Waals surface area contributed by atoms with Crippen molar-refractivity contribution >= 4 is 5.84 Å². The molecule has 1 unspecified atom stereocenters. The van der Waals surface area contributed by atoms with Gasteiger partial charge in [0.2, 0.25) is 0 Å². The van der Waals surface area contributed by atoms with Crippen LogP contribution >= 0.6 is 0 Å². The van der Waals surface area contributed by atoms with Crippen molar-refractivity contribution < 1.29 is 14.7 Å². The lowest BCUT2D eigenvalue weighted by Gasteiger charge is -2.15. The van der Waals surface area contributed by atoms with Gasteiger partial charge < -0.3 is 20.4 Å². The van der Waals surface area contributed by atoms with Gasteiger partial charge in [0.05, 0.1) is 13.7 Å². The van der Waals surface area contributed by atoms with Crippen LogP contribution in [-0.2, 0) is 0 Å². The normalized spacial score (nSPS) is 13.1. The Hall–Kier alpha value is -1.91. The molecule has 0 spiro atoms. The first kappa shape index (κ1) is 15.1. The predicted octanol–water partition coefficient (Wildman–Crippen LogP) is 2.60. The smallest absolute Gasteiger partial charge is 0.170 e. The van der Waals surface area contributed by atoms with Crippen molar-refractivity contribution in [2.24, 2.45) is 16.8 Å². The number of oxime groups is 1. The first-order valence-electron chi connectivity index (χ1n) is 6.41. The SMILES string of the molecule is CCCC(C)COc1ccc(C(N)=NO)cc1OC. The van der Waals surface area contributed by atoms with Crippen molar-refractivity contribution in [3.8, 4) is 11.5 Å². The zero-order valence-corrected chi connectivity index (χ0v) is 11.7. The quantitative estimate of drug-likeness (QED) is 0.344. The van der Waals surface area contributed by atoms with Crippen molar-refractivity contribution in [2.45, 2.75) is 26.7 Å². The molecule has 1 aromatic carbocycles. The van der Waals surface area contributed by atoms with E-state index < -0.39 is 0 Å². The van der Waals surface area contributed by atoms with E-state index in [0.29, 0.717) is 29.6 Å². The molecule has 106 valence electrons. The molecule has 0 aliphatic heterocycles. The highest BCUT2D eigenvalue weighted by molar-refractivity contribution is 5.97. The molecule has 5 nitrogen and oxygen atoms in total. The number of amidine groups is 1. The van der Waals surface area contributed by atoms with Crippen molar-refractivity contribution in [2.75, 3.05) is 13.7 Å². The van der Waals surface area contributed by atoms with Crippen LogP contribution < -0.4 is 15.2 Å². The summed E-state index contributed by atoms with van der Waals surface area (Å²) in [4.78, 5) is 0. The molecule has 3 N–H and O–H groups in total. The van der Waals surface area contributed by atoms with Crippen molar-refractivity contribution in [3.63, 3.8) is 0 Å². The van der Waals surface area contributed by atoms with Crippen LogP contribution in [0.15, 0.2) is 23.4 Å². The van der Waals surface area contributed by atoms with Gasteiger partial charge in [0.15, 0.2) is 17.3 Å². The highest BCUT2D eigenvalue weighted by Crippen LogP contribution is 2.28. The summed E-state index contributed by atoms with van der Waals surface area (Å²) in [5, 5.41) is 11.6. The second-order valence-electron chi connectivity index (χ2n) is 4.56. The number of methoxy groups -OCH3 is 1. The molecule has 0 aromatic heterocycles. The Balaban J connectivity index is 2.79. The Labute approximate surface area is 114 Å². The van der Waals surface area contributed by atoms with Crippen molar-refractivity contribution in [1.82, 2.24) is 0 Å². The molecule has 1 atom stereocenters. The zero-order valence-electron chi connectivity index (χ0n) is 11.7. The van der Waals surface area contributed by atoms with Gasteiger partial charge in [-0.05, 0) is 30.5 Å². The van der Waals surface area contributed by atoms with Gasteiger partial charge >= 0.3 is 0 Å². The molecule has 5 heteroatoms. The van der Waals surface area contributed by atoms with E-state index in [1.807, 2.05) is 0 Å². The maximum Gasteiger partial charge on any atom is 0.170 e. The van der Waals surface area contributed by atoms with Gasteiger partial charge in [-0.2, -0.15) is 0 Å². The number of nitrogens with zero attached hydrogens (tertiary/aromatic N) is 1. The Bertz CT molecular complexity index is 433. The topological polar surface area (TPSA) is 77.1 Å². The number of rotatable bonds is 7. The summed E-state index contributed by atoms with van der Waals surface area (Å²) in [6, 6.07) is 5.19. The van der Waals surface area contributed by atoms with Gasteiger partial charge in [-0.3, -0.25) is 0 Å². The van der Waals surface area contributed by atoms with E-state index in [4.69, 9.17) is 20.4 Å². The number of hydrogen-bond donors (Lipinski definition) is 2. The zero-order chi connectivity index (χ0) is 14.3. The number of hydrogen-bond acceptors (Lipinski definition) is 4. The third-order valence-corrected chi connectivity index (χ3v) is 2.87. The fraction of sp³-hybridized carbons (Fsp3) is 0.500. The molecule has 0 aliphatic rings. The minimum Gasteiger partial charge on any atom is -0.493 e. The van der Waals surface area contributed by atoms with Gasteiger partial charge in [-0.25, -0.2) is 0 Å². The van der Waals surface area contributed by atoms with E-state index in [9.17, 15) is 0 Å². The molecule has 0 aliphatic carbocycles. The molecular formula is C14H22N2O3. The Morgan fingerprint density at radius 3 is 2.74 bits per heavy atom. The molecule has 19 heavy (non-hydrogen) atoms. The lowest BCUT2D eigenvalue weighted by atomic mass is 10.1. The summed E-state index contributed by atoms with van der Waals surface area (Å²) in [5.41, 5.74) is 6.12. The minimum atomic E-state index is 0.0456.